The summed E-state index contributed by atoms with van der Waals surface area (Å²) in [4.78, 5) is 13.1. The van der Waals surface area contributed by atoms with Crippen LogP contribution in [0.1, 0.15) is 37.7 Å². The number of H-pyrrole nitrogens is 1. The monoisotopic (exact) mass is 460 g/mol. The molecule has 4 rings (SSSR count). The van der Waals surface area contributed by atoms with Crippen LogP contribution in [0, 0.1) is 0 Å². The van der Waals surface area contributed by atoms with Crippen molar-refractivity contribution in [3.8, 4) is 11.3 Å². The zero-order valence-corrected chi connectivity index (χ0v) is 19.3. The Morgan fingerprint density at radius 3 is 2.58 bits per heavy atom. The molecule has 1 saturated carbocycles. The van der Waals surface area contributed by atoms with Crippen molar-refractivity contribution in [1.82, 2.24) is 9.71 Å². The molecule has 0 radical (unpaired) electrons. The summed E-state index contributed by atoms with van der Waals surface area (Å²) < 4.78 is 8.79. The van der Waals surface area contributed by atoms with Crippen molar-refractivity contribution in [2.45, 2.75) is 49.5 Å². The highest BCUT2D eigenvalue weighted by molar-refractivity contribution is 7.97. The normalized spacial score (nSPS) is 14.3. The van der Waals surface area contributed by atoms with Gasteiger partial charge in [0.15, 0.2) is 0 Å². The lowest BCUT2D eigenvalue weighted by Gasteiger charge is -2.22. The van der Waals surface area contributed by atoms with E-state index in [1.807, 2.05) is 0 Å². The Bertz CT molecular complexity index is 969. The van der Waals surface area contributed by atoms with Gasteiger partial charge in [-0.2, -0.15) is 0 Å². The van der Waals surface area contributed by atoms with Crippen LogP contribution < -0.4 is 4.72 Å². The fourth-order valence-corrected chi connectivity index (χ4v) is 5.01. The molecule has 1 fully saturated rings. The number of nitrogens with one attached hydrogen (secondary N) is 2. The number of aromatic nitrogens is 1. The largest absolute Gasteiger partial charge is 0.483 e. The molecule has 0 amide bonds. The Hall–Kier alpha value is -1.99. The van der Waals surface area contributed by atoms with Crippen LogP contribution in [0.15, 0.2) is 47.4 Å². The van der Waals surface area contributed by atoms with E-state index in [1.54, 1.807) is 19.1 Å². The lowest BCUT2D eigenvalue weighted by molar-refractivity contribution is -0.122. The number of ether oxygens (including phenoxy) is 1. The molecule has 0 unspecified atom stereocenters. The van der Waals surface area contributed by atoms with E-state index in [2.05, 4.69) is 52.2 Å². The second-order valence-corrected chi connectivity index (χ2v) is 8.91. The molecule has 1 aliphatic rings. The van der Waals surface area contributed by atoms with E-state index in [-0.39, 0.29) is 6.47 Å². The molecule has 1 aliphatic carbocycles. The highest BCUT2D eigenvalue weighted by Crippen LogP contribution is 2.36. The zero-order chi connectivity index (χ0) is 22.1. The summed E-state index contributed by atoms with van der Waals surface area (Å²) >= 11 is 8.43. The van der Waals surface area contributed by atoms with Gasteiger partial charge in [0.25, 0.3) is 6.47 Å². The van der Waals surface area contributed by atoms with Crippen molar-refractivity contribution >= 4 is 40.9 Å². The number of halogens is 1. The average Bonchev–Trinajstić information content (AvgIpc) is 3.13. The lowest BCUT2D eigenvalue weighted by atomic mass is 9.96. The number of fused-ring (bicyclic) bond motifs is 1. The summed E-state index contributed by atoms with van der Waals surface area (Å²) in [5.41, 5.74) is 4.44. The predicted molar refractivity (Wildman–Crippen MR) is 129 cm³/mol. The van der Waals surface area contributed by atoms with Crippen molar-refractivity contribution in [3.05, 3.63) is 53.1 Å². The Labute approximate surface area is 192 Å². The number of hydrogen-bond donors (Lipinski definition) is 3. The zero-order valence-electron chi connectivity index (χ0n) is 17.7. The first-order valence-electron chi connectivity index (χ1n) is 10.6. The van der Waals surface area contributed by atoms with Crippen molar-refractivity contribution in [3.63, 3.8) is 0 Å². The first kappa shape index (κ1) is 23.7. The van der Waals surface area contributed by atoms with E-state index in [9.17, 15) is 0 Å². The number of benzene rings is 2. The van der Waals surface area contributed by atoms with Crippen LogP contribution in [0.4, 0.5) is 0 Å². The van der Waals surface area contributed by atoms with Crippen LogP contribution >= 0.6 is 23.5 Å². The number of hydrogen-bond acceptors (Lipinski definition) is 4. The van der Waals surface area contributed by atoms with Gasteiger partial charge in [-0.3, -0.25) is 9.52 Å². The highest BCUT2D eigenvalue weighted by atomic mass is 35.5. The number of rotatable bonds is 7. The summed E-state index contributed by atoms with van der Waals surface area (Å²) in [6.45, 7) is 0.488. The minimum Gasteiger partial charge on any atom is -0.483 e. The summed E-state index contributed by atoms with van der Waals surface area (Å²) in [7, 11) is 1.73. The van der Waals surface area contributed by atoms with E-state index < -0.39 is 0 Å². The molecule has 166 valence electrons. The first-order chi connectivity index (χ1) is 15.2. The van der Waals surface area contributed by atoms with E-state index in [1.165, 1.54) is 42.6 Å². The van der Waals surface area contributed by atoms with Crippen molar-refractivity contribution < 1.29 is 14.6 Å². The van der Waals surface area contributed by atoms with Gasteiger partial charge in [0.1, 0.15) is 0 Å². The second-order valence-electron chi connectivity index (χ2n) is 7.62. The Balaban J connectivity index is 0.000000858. The molecule has 31 heavy (non-hydrogen) atoms. The maximum absolute atomic E-state index is 8.36. The van der Waals surface area contributed by atoms with Crippen LogP contribution in [0.2, 0.25) is 5.02 Å². The first-order valence-corrected chi connectivity index (χ1v) is 11.8. The van der Waals surface area contributed by atoms with E-state index >= 15 is 0 Å². The average molecular weight is 461 g/mol. The number of aromatic amines is 1. The molecule has 2 aromatic carbocycles. The molecular formula is C24H29ClN2O3S. The predicted octanol–water partition coefficient (Wildman–Crippen LogP) is 6.31. The van der Waals surface area contributed by atoms with Gasteiger partial charge in [-0.1, -0.05) is 61.2 Å². The number of methoxy groups -OCH3 is 1. The summed E-state index contributed by atoms with van der Waals surface area (Å²) in [5.74, 6) is 0. The Morgan fingerprint density at radius 1 is 1.19 bits per heavy atom. The molecule has 3 N–H and O–H groups in total. The molecule has 0 saturated heterocycles. The molecule has 3 aromatic rings. The van der Waals surface area contributed by atoms with Crippen LogP contribution in [0.25, 0.3) is 22.2 Å². The number of carboxylic acid groups (broad SMARTS) is 1. The third-order valence-electron chi connectivity index (χ3n) is 5.49. The molecule has 7 heteroatoms. The van der Waals surface area contributed by atoms with Gasteiger partial charge >= 0.3 is 0 Å². The fourth-order valence-electron chi connectivity index (χ4n) is 3.83. The molecule has 0 spiro atoms. The molecular weight excluding hydrogens is 432 g/mol. The fraction of sp³-hybridized carbons (Fsp3) is 0.375. The van der Waals surface area contributed by atoms with Crippen LogP contribution in [0.3, 0.4) is 0 Å². The van der Waals surface area contributed by atoms with Crippen molar-refractivity contribution in [2.75, 3.05) is 13.7 Å². The second kappa shape index (κ2) is 12.2. The van der Waals surface area contributed by atoms with Crippen LogP contribution in [0.5, 0.6) is 0 Å². The molecule has 1 heterocycles. The van der Waals surface area contributed by atoms with Crippen molar-refractivity contribution in [2.24, 2.45) is 0 Å². The summed E-state index contributed by atoms with van der Waals surface area (Å²) in [5, 5.41) is 8.75. The van der Waals surface area contributed by atoms with Gasteiger partial charge in [0.2, 0.25) is 0 Å². The van der Waals surface area contributed by atoms with Crippen molar-refractivity contribution in [1.29, 1.82) is 0 Å². The minimum atomic E-state index is -0.250. The maximum Gasteiger partial charge on any atom is 0.290 e. The smallest absolute Gasteiger partial charge is 0.290 e. The minimum absolute atomic E-state index is 0.250. The Morgan fingerprint density at radius 2 is 1.90 bits per heavy atom. The molecule has 0 bridgehead atoms. The van der Waals surface area contributed by atoms with E-state index in [0.29, 0.717) is 6.04 Å². The van der Waals surface area contributed by atoms with Gasteiger partial charge in [-0.05, 0) is 54.5 Å². The van der Waals surface area contributed by atoms with E-state index in [0.717, 1.165) is 40.2 Å². The van der Waals surface area contributed by atoms with Gasteiger partial charge in [-0.15, -0.1) is 0 Å². The molecule has 1 aromatic heterocycles. The van der Waals surface area contributed by atoms with Gasteiger partial charge in [0, 0.05) is 29.0 Å². The standard InChI is InChI=1S/C23H27ClN2OS.CH2O2/c1-27-14-13-16-7-9-17(10-8-16)23-22(24)20-12-11-19(15-21(20)25-23)28-26-18-5-3-2-4-6-18;2-1-3/h7-12,15,18,25-26H,2-6,13-14H2,1H3;1H,(H,2,3). The SMILES string of the molecule is COCCc1ccc(-c2[nH]c3cc(SNC4CCCCC4)ccc3c2Cl)cc1.O=CO. The van der Waals surface area contributed by atoms with Crippen LogP contribution in [-0.4, -0.2) is 36.3 Å². The maximum atomic E-state index is 8.36. The lowest BCUT2D eigenvalue weighted by Crippen LogP contribution is -2.25. The third kappa shape index (κ3) is 6.50. The molecule has 5 nitrogen and oxygen atoms in total. The quantitative estimate of drug-likeness (QED) is 0.284. The summed E-state index contributed by atoms with van der Waals surface area (Å²) in [6, 6.07) is 15.6. The van der Waals surface area contributed by atoms with Gasteiger partial charge in [0.05, 0.1) is 17.3 Å². The van der Waals surface area contributed by atoms with Gasteiger partial charge in [-0.25, -0.2) is 0 Å². The third-order valence-corrected chi connectivity index (χ3v) is 6.83. The van der Waals surface area contributed by atoms with E-state index in [4.69, 9.17) is 26.2 Å². The topological polar surface area (TPSA) is 74.3 Å². The van der Waals surface area contributed by atoms with Crippen LogP contribution in [-0.2, 0) is 16.0 Å². The highest BCUT2D eigenvalue weighted by Gasteiger charge is 2.15. The Kier molecular flexibility index (Phi) is 9.28. The number of carbonyl (C=O) groups is 1. The summed E-state index contributed by atoms with van der Waals surface area (Å²) in [6.07, 6.45) is 7.56. The molecule has 0 aliphatic heterocycles. The van der Waals surface area contributed by atoms with Gasteiger partial charge < -0.3 is 14.8 Å². The molecule has 0 atom stereocenters.